The second kappa shape index (κ2) is 6.93. The minimum atomic E-state index is -1.27. The Kier molecular flexibility index (Phi) is 4.99. The number of benzene rings is 2. The van der Waals surface area contributed by atoms with Crippen LogP contribution in [0.5, 0.6) is 5.75 Å². The predicted molar refractivity (Wildman–Crippen MR) is 83.9 cm³/mol. The van der Waals surface area contributed by atoms with Crippen LogP contribution < -0.4 is 4.74 Å². The number of unbranched alkanes of at least 4 members (excludes halogenated alkanes) is 1. The van der Waals surface area contributed by atoms with Gasteiger partial charge in [-0.1, -0.05) is 49.7 Å². The third-order valence-electron chi connectivity index (χ3n) is 3.55. The summed E-state index contributed by atoms with van der Waals surface area (Å²) in [5, 5.41) is 8.91. The van der Waals surface area contributed by atoms with Gasteiger partial charge in [-0.25, -0.2) is 4.79 Å². The molecule has 0 bridgehead atoms. The van der Waals surface area contributed by atoms with Crippen LogP contribution in [0.25, 0.3) is 11.1 Å². The largest absolute Gasteiger partial charge is 0.511 e. The first kappa shape index (κ1) is 15.1. The molecule has 0 saturated heterocycles. The first-order valence-corrected chi connectivity index (χ1v) is 7.22. The van der Waals surface area contributed by atoms with Crippen molar-refractivity contribution in [1.29, 1.82) is 0 Å². The molecule has 3 heteroatoms. The smallest absolute Gasteiger partial charge is 0.449 e. The number of aryl methyl sites for hydroxylation is 1. The van der Waals surface area contributed by atoms with Crippen molar-refractivity contribution in [3.05, 3.63) is 53.6 Å². The molecule has 0 aromatic heterocycles. The van der Waals surface area contributed by atoms with Gasteiger partial charge in [-0.15, -0.1) is 0 Å². The maximum absolute atomic E-state index is 10.9. The highest BCUT2D eigenvalue weighted by atomic mass is 16.7. The van der Waals surface area contributed by atoms with Crippen LogP contribution in [0.1, 0.15) is 30.9 Å². The van der Waals surface area contributed by atoms with Crippen LogP contribution in [0.2, 0.25) is 0 Å². The summed E-state index contributed by atoms with van der Waals surface area (Å²) in [7, 11) is 0. The van der Waals surface area contributed by atoms with Crippen molar-refractivity contribution in [2.75, 3.05) is 0 Å². The third kappa shape index (κ3) is 3.63. The molecule has 21 heavy (non-hydrogen) atoms. The molecule has 0 atom stereocenters. The Morgan fingerprint density at radius 1 is 1.10 bits per heavy atom. The lowest BCUT2D eigenvalue weighted by molar-refractivity contribution is 0.144. The van der Waals surface area contributed by atoms with Gasteiger partial charge in [0.2, 0.25) is 0 Å². The summed E-state index contributed by atoms with van der Waals surface area (Å²) in [4.78, 5) is 10.9. The second-order valence-corrected chi connectivity index (χ2v) is 5.07. The Labute approximate surface area is 125 Å². The van der Waals surface area contributed by atoms with Crippen molar-refractivity contribution < 1.29 is 14.6 Å². The van der Waals surface area contributed by atoms with Gasteiger partial charge < -0.3 is 9.84 Å². The second-order valence-electron chi connectivity index (χ2n) is 5.07. The van der Waals surface area contributed by atoms with Crippen LogP contribution >= 0.6 is 0 Å². The van der Waals surface area contributed by atoms with E-state index in [1.807, 2.05) is 24.3 Å². The zero-order chi connectivity index (χ0) is 15.2. The predicted octanol–water partition coefficient (Wildman–Crippen LogP) is 5.06. The Bertz CT molecular complexity index is 632. The summed E-state index contributed by atoms with van der Waals surface area (Å²) < 4.78 is 4.96. The summed E-state index contributed by atoms with van der Waals surface area (Å²) in [6.07, 6.45) is 1.59. The number of hydrogen-bond acceptors (Lipinski definition) is 2. The van der Waals surface area contributed by atoms with Crippen molar-refractivity contribution >= 4 is 6.16 Å². The van der Waals surface area contributed by atoms with Gasteiger partial charge in [0, 0.05) is 5.56 Å². The Balaban J connectivity index is 2.53. The van der Waals surface area contributed by atoms with Gasteiger partial charge in [0.05, 0.1) is 0 Å². The molecule has 0 heterocycles. The molecule has 0 aliphatic carbocycles. The molecule has 0 aliphatic rings. The van der Waals surface area contributed by atoms with Crippen molar-refractivity contribution in [3.63, 3.8) is 0 Å². The number of hydrogen-bond donors (Lipinski definition) is 1. The van der Waals surface area contributed by atoms with Gasteiger partial charge >= 0.3 is 6.16 Å². The molecule has 0 saturated carbocycles. The lowest BCUT2D eigenvalue weighted by Crippen LogP contribution is -2.06. The standard InChI is InChI=1S/C18H20O3/c1-3-4-9-16-15(14-10-6-5-8-13(14)2)11-7-12-17(16)21-18(19)20/h5-8,10-12H,3-4,9H2,1-2H3,(H,19,20). The first-order chi connectivity index (χ1) is 10.1. The SMILES string of the molecule is CCCCc1c(OC(=O)O)cccc1-c1ccccc1C. The van der Waals surface area contributed by atoms with Gasteiger partial charge in [0.1, 0.15) is 5.75 Å². The zero-order valence-corrected chi connectivity index (χ0v) is 12.4. The van der Waals surface area contributed by atoms with Gasteiger partial charge in [0.15, 0.2) is 0 Å². The van der Waals surface area contributed by atoms with Gasteiger partial charge in [0.25, 0.3) is 0 Å². The summed E-state index contributed by atoms with van der Waals surface area (Å²) in [5.41, 5.74) is 4.32. The highest BCUT2D eigenvalue weighted by molar-refractivity contribution is 5.74. The average Bonchev–Trinajstić information content (AvgIpc) is 2.46. The maximum atomic E-state index is 10.9. The van der Waals surface area contributed by atoms with E-state index < -0.39 is 6.16 Å². The summed E-state index contributed by atoms with van der Waals surface area (Å²) >= 11 is 0. The van der Waals surface area contributed by atoms with Gasteiger partial charge in [-0.2, -0.15) is 0 Å². The molecule has 2 rings (SSSR count). The summed E-state index contributed by atoms with van der Waals surface area (Å²) in [6.45, 7) is 4.18. The normalized spacial score (nSPS) is 10.4. The molecule has 2 aromatic rings. The van der Waals surface area contributed by atoms with E-state index in [0.29, 0.717) is 5.75 Å². The minimum absolute atomic E-state index is 0.441. The van der Waals surface area contributed by atoms with E-state index >= 15 is 0 Å². The molecule has 2 aromatic carbocycles. The van der Waals surface area contributed by atoms with Crippen LogP contribution in [0.4, 0.5) is 4.79 Å². The van der Waals surface area contributed by atoms with Crippen molar-refractivity contribution in [2.24, 2.45) is 0 Å². The molecular formula is C18H20O3. The Hall–Kier alpha value is -2.29. The zero-order valence-electron chi connectivity index (χ0n) is 12.4. The molecule has 110 valence electrons. The van der Waals surface area contributed by atoms with Crippen LogP contribution in [-0.4, -0.2) is 11.3 Å². The molecule has 0 fully saturated rings. The molecule has 3 nitrogen and oxygen atoms in total. The van der Waals surface area contributed by atoms with Crippen molar-refractivity contribution in [2.45, 2.75) is 33.1 Å². The summed E-state index contributed by atoms with van der Waals surface area (Å²) in [6, 6.07) is 13.7. The molecule has 0 spiro atoms. The van der Waals surface area contributed by atoms with Crippen molar-refractivity contribution in [1.82, 2.24) is 0 Å². The Morgan fingerprint density at radius 3 is 2.48 bits per heavy atom. The van der Waals surface area contributed by atoms with Crippen LogP contribution in [0.15, 0.2) is 42.5 Å². The topological polar surface area (TPSA) is 46.5 Å². The molecule has 0 amide bonds. The molecule has 0 radical (unpaired) electrons. The fourth-order valence-electron chi connectivity index (χ4n) is 2.49. The monoisotopic (exact) mass is 284 g/mol. The maximum Gasteiger partial charge on any atom is 0.511 e. The number of ether oxygens (including phenoxy) is 1. The number of carbonyl (C=O) groups is 1. The van der Waals surface area contributed by atoms with E-state index in [1.54, 1.807) is 6.07 Å². The number of rotatable bonds is 5. The van der Waals surface area contributed by atoms with E-state index in [2.05, 4.69) is 26.0 Å². The van der Waals surface area contributed by atoms with Crippen LogP contribution in [-0.2, 0) is 6.42 Å². The van der Waals surface area contributed by atoms with E-state index in [0.717, 1.165) is 36.0 Å². The fourth-order valence-corrected chi connectivity index (χ4v) is 2.49. The van der Waals surface area contributed by atoms with E-state index in [-0.39, 0.29) is 0 Å². The minimum Gasteiger partial charge on any atom is -0.449 e. The highest BCUT2D eigenvalue weighted by Crippen LogP contribution is 2.33. The molecule has 1 N–H and O–H groups in total. The molecule has 0 aliphatic heterocycles. The summed E-state index contributed by atoms with van der Waals surface area (Å²) in [5.74, 6) is 0.441. The highest BCUT2D eigenvalue weighted by Gasteiger charge is 2.14. The molecule has 0 unspecified atom stereocenters. The molecular weight excluding hydrogens is 264 g/mol. The van der Waals surface area contributed by atoms with Crippen LogP contribution in [0.3, 0.4) is 0 Å². The van der Waals surface area contributed by atoms with Crippen LogP contribution in [0, 0.1) is 6.92 Å². The quantitative estimate of drug-likeness (QED) is 0.616. The number of carboxylic acid groups (broad SMARTS) is 1. The Morgan fingerprint density at radius 2 is 1.81 bits per heavy atom. The van der Waals surface area contributed by atoms with E-state index in [9.17, 15) is 4.79 Å². The average molecular weight is 284 g/mol. The van der Waals surface area contributed by atoms with E-state index in [4.69, 9.17) is 9.84 Å². The van der Waals surface area contributed by atoms with E-state index in [1.165, 1.54) is 5.56 Å². The first-order valence-electron chi connectivity index (χ1n) is 7.22. The van der Waals surface area contributed by atoms with Crippen molar-refractivity contribution in [3.8, 4) is 16.9 Å². The lowest BCUT2D eigenvalue weighted by atomic mass is 9.93. The lowest BCUT2D eigenvalue weighted by Gasteiger charge is -2.15. The van der Waals surface area contributed by atoms with Gasteiger partial charge in [-0.05, 0) is 42.5 Å². The third-order valence-corrected chi connectivity index (χ3v) is 3.55. The van der Waals surface area contributed by atoms with Gasteiger partial charge in [-0.3, -0.25) is 0 Å². The fraction of sp³-hybridized carbons (Fsp3) is 0.278.